The van der Waals surface area contributed by atoms with Crippen molar-refractivity contribution in [2.75, 3.05) is 6.54 Å². The van der Waals surface area contributed by atoms with Crippen molar-refractivity contribution in [2.45, 2.75) is 6.04 Å². The summed E-state index contributed by atoms with van der Waals surface area (Å²) in [5.74, 6) is 0. The Morgan fingerprint density at radius 3 is 2.64 bits per heavy atom. The molecule has 5 heteroatoms. The summed E-state index contributed by atoms with van der Waals surface area (Å²) in [6.07, 6.45) is 3.21. The maximum atomic E-state index is 5.60. The second-order valence-electron chi connectivity index (χ2n) is 2.11. The van der Waals surface area contributed by atoms with E-state index < -0.39 is 0 Å². The van der Waals surface area contributed by atoms with E-state index in [1.807, 2.05) is 0 Å². The minimum atomic E-state index is -0.212. The Hall–Kier alpha value is -0.520. The predicted octanol–water partition coefficient (Wildman–Crippen LogP) is 0.198. The van der Waals surface area contributed by atoms with Gasteiger partial charge in [0.25, 0.3) is 0 Å². The summed E-state index contributed by atoms with van der Waals surface area (Å²) < 4.78 is 0.700. The van der Waals surface area contributed by atoms with E-state index in [2.05, 4.69) is 25.9 Å². The quantitative estimate of drug-likeness (QED) is 0.741. The Labute approximate surface area is 73.1 Å². The topological polar surface area (TPSA) is 77.8 Å². The van der Waals surface area contributed by atoms with Crippen LogP contribution in [-0.4, -0.2) is 16.5 Å². The van der Waals surface area contributed by atoms with Gasteiger partial charge in [-0.05, 0) is 15.9 Å². The normalized spacial score (nSPS) is 13.0. The van der Waals surface area contributed by atoms with E-state index in [-0.39, 0.29) is 6.04 Å². The van der Waals surface area contributed by atoms with Crippen LogP contribution in [0.2, 0.25) is 0 Å². The van der Waals surface area contributed by atoms with Crippen molar-refractivity contribution >= 4 is 15.9 Å². The van der Waals surface area contributed by atoms with Gasteiger partial charge in [0.1, 0.15) is 4.60 Å². The van der Waals surface area contributed by atoms with Crippen LogP contribution in [0.5, 0.6) is 0 Å². The first-order chi connectivity index (χ1) is 5.24. The summed E-state index contributed by atoms with van der Waals surface area (Å²) in [7, 11) is 0. The highest BCUT2D eigenvalue weighted by Crippen LogP contribution is 2.06. The average molecular weight is 217 g/mol. The summed E-state index contributed by atoms with van der Waals surface area (Å²) in [4.78, 5) is 8.00. The van der Waals surface area contributed by atoms with Crippen LogP contribution in [0.3, 0.4) is 0 Å². The molecular weight excluding hydrogens is 208 g/mol. The molecule has 0 saturated carbocycles. The Kier molecular flexibility index (Phi) is 2.92. The molecule has 0 aliphatic heterocycles. The molecule has 1 atom stereocenters. The Balaban J connectivity index is 2.81. The number of nitrogens with zero attached hydrogens (tertiary/aromatic N) is 2. The first-order valence-corrected chi connectivity index (χ1v) is 3.96. The van der Waals surface area contributed by atoms with Crippen molar-refractivity contribution in [3.8, 4) is 0 Å². The van der Waals surface area contributed by atoms with E-state index in [1.165, 1.54) is 0 Å². The van der Waals surface area contributed by atoms with Gasteiger partial charge in [-0.1, -0.05) is 0 Å². The van der Waals surface area contributed by atoms with Crippen LogP contribution in [0.25, 0.3) is 0 Å². The molecule has 0 saturated heterocycles. The predicted molar refractivity (Wildman–Crippen MR) is 45.7 cm³/mol. The maximum absolute atomic E-state index is 5.60. The second kappa shape index (κ2) is 3.75. The number of halogens is 1. The number of hydrogen-bond donors (Lipinski definition) is 2. The van der Waals surface area contributed by atoms with Gasteiger partial charge in [-0.2, -0.15) is 0 Å². The molecule has 1 heterocycles. The first kappa shape index (κ1) is 8.58. The summed E-state index contributed by atoms with van der Waals surface area (Å²) in [6, 6.07) is -0.212. The lowest BCUT2D eigenvalue weighted by Gasteiger charge is -2.05. The van der Waals surface area contributed by atoms with E-state index in [0.29, 0.717) is 11.1 Å². The number of nitrogens with two attached hydrogens (primary N) is 2. The highest BCUT2D eigenvalue weighted by atomic mass is 79.9. The van der Waals surface area contributed by atoms with Crippen LogP contribution < -0.4 is 11.5 Å². The minimum Gasteiger partial charge on any atom is -0.329 e. The largest absolute Gasteiger partial charge is 0.329 e. The number of hydrogen-bond acceptors (Lipinski definition) is 4. The molecule has 0 bridgehead atoms. The molecule has 1 aromatic rings. The molecule has 4 N–H and O–H groups in total. The van der Waals surface area contributed by atoms with Gasteiger partial charge in [0, 0.05) is 6.54 Å². The van der Waals surface area contributed by atoms with Crippen molar-refractivity contribution in [3.63, 3.8) is 0 Å². The molecular formula is C6H9BrN4. The van der Waals surface area contributed by atoms with Crippen LogP contribution in [0.15, 0.2) is 17.0 Å². The van der Waals surface area contributed by atoms with Crippen LogP contribution in [0.1, 0.15) is 11.7 Å². The number of rotatable bonds is 2. The fourth-order valence-corrected chi connectivity index (χ4v) is 0.839. The monoisotopic (exact) mass is 216 g/mol. The molecule has 0 amide bonds. The molecule has 0 fully saturated rings. The molecule has 0 aliphatic carbocycles. The third kappa shape index (κ3) is 2.21. The smallest absolute Gasteiger partial charge is 0.124 e. The zero-order valence-corrected chi connectivity index (χ0v) is 7.45. The summed E-state index contributed by atoms with van der Waals surface area (Å²) in [6.45, 7) is 0.385. The highest BCUT2D eigenvalue weighted by molar-refractivity contribution is 9.10. The van der Waals surface area contributed by atoms with Gasteiger partial charge in [0.2, 0.25) is 0 Å². The fourth-order valence-electron chi connectivity index (χ4n) is 0.634. The van der Waals surface area contributed by atoms with Crippen molar-refractivity contribution in [2.24, 2.45) is 11.5 Å². The molecule has 1 aromatic heterocycles. The minimum absolute atomic E-state index is 0.212. The standard InChI is InChI=1S/C6H9BrN4/c7-6-3-10-5(2-11-6)4(9)1-8/h2-4H,1,8-9H2. The van der Waals surface area contributed by atoms with Crippen LogP contribution >= 0.6 is 15.9 Å². The van der Waals surface area contributed by atoms with E-state index >= 15 is 0 Å². The average Bonchev–Trinajstić information content (AvgIpc) is 2.05. The Bertz CT molecular complexity index is 223. The lowest BCUT2D eigenvalue weighted by molar-refractivity contribution is 0.704. The SMILES string of the molecule is NCC(N)c1cnc(Br)cn1. The zero-order chi connectivity index (χ0) is 8.27. The lowest BCUT2D eigenvalue weighted by atomic mass is 10.2. The molecule has 0 radical (unpaired) electrons. The molecule has 1 unspecified atom stereocenters. The molecule has 0 aromatic carbocycles. The maximum Gasteiger partial charge on any atom is 0.124 e. The molecule has 4 nitrogen and oxygen atoms in total. The molecule has 11 heavy (non-hydrogen) atoms. The van der Waals surface area contributed by atoms with E-state index in [1.54, 1.807) is 12.4 Å². The van der Waals surface area contributed by atoms with Crippen LogP contribution in [-0.2, 0) is 0 Å². The van der Waals surface area contributed by atoms with E-state index in [9.17, 15) is 0 Å². The van der Waals surface area contributed by atoms with Gasteiger partial charge >= 0.3 is 0 Å². The van der Waals surface area contributed by atoms with Crippen molar-refractivity contribution in [1.29, 1.82) is 0 Å². The van der Waals surface area contributed by atoms with Gasteiger partial charge in [0.15, 0.2) is 0 Å². The van der Waals surface area contributed by atoms with Gasteiger partial charge < -0.3 is 11.5 Å². The van der Waals surface area contributed by atoms with Crippen LogP contribution in [0, 0.1) is 0 Å². The van der Waals surface area contributed by atoms with E-state index in [0.717, 1.165) is 5.69 Å². The fraction of sp³-hybridized carbons (Fsp3) is 0.333. The van der Waals surface area contributed by atoms with Crippen molar-refractivity contribution in [3.05, 3.63) is 22.7 Å². The Morgan fingerprint density at radius 1 is 1.45 bits per heavy atom. The van der Waals surface area contributed by atoms with Crippen molar-refractivity contribution in [1.82, 2.24) is 9.97 Å². The molecule has 0 spiro atoms. The zero-order valence-electron chi connectivity index (χ0n) is 5.87. The molecule has 60 valence electrons. The second-order valence-corrected chi connectivity index (χ2v) is 2.92. The van der Waals surface area contributed by atoms with Crippen LogP contribution in [0.4, 0.5) is 0 Å². The summed E-state index contributed by atoms with van der Waals surface area (Å²) >= 11 is 3.17. The lowest BCUT2D eigenvalue weighted by Crippen LogP contribution is -2.21. The van der Waals surface area contributed by atoms with Gasteiger partial charge in [-0.3, -0.25) is 4.98 Å². The molecule has 0 aliphatic rings. The Morgan fingerprint density at radius 2 is 2.18 bits per heavy atom. The number of aromatic nitrogens is 2. The third-order valence-electron chi connectivity index (χ3n) is 1.27. The molecule has 1 rings (SSSR count). The van der Waals surface area contributed by atoms with Gasteiger partial charge in [-0.15, -0.1) is 0 Å². The summed E-state index contributed by atoms with van der Waals surface area (Å²) in [5.41, 5.74) is 11.7. The highest BCUT2D eigenvalue weighted by Gasteiger charge is 2.03. The van der Waals surface area contributed by atoms with E-state index in [4.69, 9.17) is 11.5 Å². The first-order valence-electron chi connectivity index (χ1n) is 3.17. The van der Waals surface area contributed by atoms with Crippen molar-refractivity contribution < 1.29 is 0 Å². The third-order valence-corrected chi connectivity index (χ3v) is 1.68. The van der Waals surface area contributed by atoms with Gasteiger partial charge in [0.05, 0.1) is 24.1 Å². The summed E-state index contributed by atoms with van der Waals surface area (Å²) in [5, 5.41) is 0. The van der Waals surface area contributed by atoms with Gasteiger partial charge in [-0.25, -0.2) is 4.98 Å².